The molecule has 1 N–H and O–H groups in total. The van der Waals surface area contributed by atoms with Gasteiger partial charge >= 0.3 is 0 Å². The molecule has 0 bridgehead atoms. The Balaban J connectivity index is 1.37. The maximum Gasteiger partial charge on any atom is 0.234 e. The van der Waals surface area contributed by atoms with E-state index in [-0.39, 0.29) is 11.7 Å². The van der Waals surface area contributed by atoms with Gasteiger partial charge in [0.05, 0.1) is 6.54 Å². The lowest BCUT2D eigenvalue weighted by atomic mass is 10.1. The Morgan fingerprint density at radius 2 is 1.56 bits per heavy atom. The molecule has 1 aliphatic carbocycles. The summed E-state index contributed by atoms with van der Waals surface area (Å²) in [5, 5.41) is 3.23. The van der Waals surface area contributed by atoms with E-state index in [4.69, 9.17) is 0 Å². The summed E-state index contributed by atoms with van der Waals surface area (Å²) in [4.78, 5) is 16.9. The third kappa shape index (κ3) is 6.08. The first-order chi connectivity index (χ1) is 12.2. The van der Waals surface area contributed by atoms with Gasteiger partial charge in [0.15, 0.2) is 0 Å². The first-order valence-corrected chi connectivity index (χ1v) is 9.67. The maximum atomic E-state index is 13.0. The lowest BCUT2D eigenvalue weighted by Gasteiger charge is -2.34. The number of piperazine rings is 1. The third-order valence-electron chi connectivity index (χ3n) is 5.37. The summed E-state index contributed by atoms with van der Waals surface area (Å²) >= 11 is 0. The van der Waals surface area contributed by atoms with Crippen LogP contribution in [0.2, 0.25) is 0 Å². The second-order valence-corrected chi connectivity index (χ2v) is 7.43. The second-order valence-electron chi connectivity index (χ2n) is 7.43. The Hall–Kier alpha value is -1.46. The van der Waals surface area contributed by atoms with Crippen LogP contribution in [-0.4, -0.2) is 54.5 Å². The van der Waals surface area contributed by atoms with E-state index >= 15 is 0 Å². The largest absolute Gasteiger partial charge is 0.352 e. The molecule has 2 aliphatic rings. The molecule has 0 radical (unpaired) electrons. The van der Waals surface area contributed by atoms with Crippen LogP contribution in [0.1, 0.15) is 44.1 Å². The summed E-state index contributed by atoms with van der Waals surface area (Å²) in [5.74, 6) is -0.00728. The highest BCUT2D eigenvalue weighted by Gasteiger charge is 2.21. The van der Waals surface area contributed by atoms with Crippen LogP contribution in [0.25, 0.3) is 0 Å². The van der Waals surface area contributed by atoms with Gasteiger partial charge in [-0.15, -0.1) is 0 Å². The number of nitrogens with zero attached hydrogens (tertiary/aromatic N) is 2. The number of halogens is 1. The van der Waals surface area contributed by atoms with Crippen molar-refractivity contribution >= 4 is 5.91 Å². The molecule has 1 aromatic rings. The van der Waals surface area contributed by atoms with Gasteiger partial charge in [-0.1, -0.05) is 37.8 Å². The number of benzene rings is 1. The van der Waals surface area contributed by atoms with E-state index < -0.39 is 0 Å². The minimum absolute atomic E-state index is 0.180. The molecule has 0 spiro atoms. The van der Waals surface area contributed by atoms with Crippen LogP contribution in [0.15, 0.2) is 24.3 Å². The van der Waals surface area contributed by atoms with E-state index in [1.807, 2.05) is 12.1 Å². The van der Waals surface area contributed by atoms with Crippen molar-refractivity contribution in [3.8, 4) is 0 Å². The van der Waals surface area contributed by atoms with Gasteiger partial charge in [0.1, 0.15) is 5.82 Å². The number of amides is 1. The topological polar surface area (TPSA) is 35.6 Å². The lowest BCUT2D eigenvalue weighted by molar-refractivity contribution is -0.123. The van der Waals surface area contributed by atoms with Crippen LogP contribution in [0.5, 0.6) is 0 Å². The average Bonchev–Trinajstić information content (AvgIpc) is 2.87. The highest BCUT2D eigenvalue weighted by atomic mass is 19.1. The van der Waals surface area contributed by atoms with Crippen LogP contribution >= 0.6 is 0 Å². The molecule has 1 heterocycles. The lowest BCUT2D eigenvalue weighted by Crippen LogP contribution is -2.50. The molecule has 0 atom stereocenters. The summed E-state index contributed by atoms with van der Waals surface area (Å²) in [6.07, 6.45) is 7.37. The van der Waals surface area contributed by atoms with Crippen molar-refractivity contribution in [2.75, 3.05) is 32.7 Å². The fraction of sp³-hybridized carbons (Fsp3) is 0.650. The summed E-state index contributed by atoms with van der Waals surface area (Å²) in [7, 11) is 0. The zero-order valence-electron chi connectivity index (χ0n) is 15.1. The maximum absolute atomic E-state index is 13.0. The highest BCUT2D eigenvalue weighted by molar-refractivity contribution is 5.78. The number of carbonyl (C=O) groups excluding carboxylic acids is 1. The van der Waals surface area contributed by atoms with E-state index in [1.165, 1.54) is 37.8 Å². The molecular formula is C20H30FN3O. The number of carbonyl (C=O) groups is 1. The Kier molecular flexibility index (Phi) is 6.82. The SMILES string of the molecule is O=C(CN1CCN(Cc2ccc(F)cc2)CC1)NC1CCCCCC1. The molecule has 1 saturated carbocycles. The second kappa shape index (κ2) is 9.30. The Morgan fingerprint density at radius 3 is 2.20 bits per heavy atom. The van der Waals surface area contributed by atoms with Crippen LogP contribution in [0, 0.1) is 5.82 Å². The summed E-state index contributed by atoms with van der Waals surface area (Å²) < 4.78 is 13.0. The fourth-order valence-electron chi connectivity index (χ4n) is 3.85. The Labute approximate surface area is 150 Å². The van der Waals surface area contributed by atoms with E-state index in [1.54, 1.807) is 0 Å². The summed E-state index contributed by atoms with van der Waals surface area (Å²) in [6.45, 7) is 5.10. The van der Waals surface area contributed by atoms with Crippen molar-refractivity contribution in [2.24, 2.45) is 0 Å². The van der Waals surface area contributed by atoms with Gasteiger partial charge in [-0.25, -0.2) is 4.39 Å². The molecule has 1 aromatic carbocycles. The fourth-order valence-corrected chi connectivity index (χ4v) is 3.85. The monoisotopic (exact) mass is 347 g/mol. The molecule has 5 heteroatoms. The molecule has 4 nitrogen and oxygen atoms in total. The summed E-state index contributed by atoms with van der Waals surface area (Å²) in [6, 6.07) is 7.12. The van der Waals surface area contributed by atoms with Gasteiger partial charge in [0.25, 0.3) is 0 Å². The predicted molar refractivity (Wildman–Crippen MR) is 97.7 cm³/mol. The number of rotatable bonds is 5. The number of hydrogen-bond donors (Lipinski definition) is 1. The zero-order valence-corrected chi connectivity index (χ0v) is 15.1. The van der Waals surface area contributed by atoms with Gasteiger partial charge in [-0.05, 0) is 30.5 Å². The van der Waals surface area contributed by atoms with E-state index in [2.05, 4.69) is 15.1 Å². The van der Waals surface area contributed by atoms with E-state index in [0.29, 0.717) is 12.6 Å². The van der Waals surface area contributed by atoms with Gasteiger partial charge < -0.3 is 5.32 Å². The normalized spacial score (nSPS) is 21.0. The van der Waals surface area contributed by atoms with Crippen LogP contribution in [-0.2, 0) is 11.3 Å². The number of hydrogen-bond acceptors (Lipinski definition) is 3. The quantitative estimate of drug-likeness (QED) is 0.832. The molecule has 2 fully saturated rings. The smallest absolute Gasteiger partial charge is 0.234 e. The average molecular weight is 347 g/mol. The molecule has 1 amide bonds. The molecule has 138 valence electrons. The van der Waals surface area contributed by atoms with Gasteiger partial charge in [-0.2, -0.15) is 0 Å². The molecular weight excluding hydrogens is 317 g/mol. The van der Waals surface area contributed by atoms with E-state index in [9.17, 15) is 9.18 Å². The summed E-state index contributed by atoms with van der Waals surface area (Å²) in [5.41, 5.74) is 1.14. The third-order valence-corrected chi connectivity index (χ3v) is 5.37. The van der Waals surface area contributed by atoms with Crippen molar-refractivity contribution in [3.63, 3.8) is 0 Å². The van der Waals surface area contributed by atoms with Gasteiger partial charge in [-0.3, -0.25) is 14.6 Å². The minimum atomic E-state index is -0.187. The first kappa shape index (κ1) is 18.3. The molecule has 0 aromatic heterocycles. The van der Waals surface area contributed by atoms with Crippen molar-refractivity contribution < 1.29 is 9.18 Å². The van der Waals surface area contributed by atoms with Crippen LogP contribution < -0.4 is 5.32 Å². The van der Waals surface area contributed by atoms with Crippen molar-refractivity contribution in [2.45, 2.75) is 51.1 Å². The Morgan fingerprint density at radius 1 is 0.960 bits per heavy atom. The molecule has 1 saturated heterocycles. The van der Waals surface area contributed by atoms with E-state index in [0.717, 1.165) is 51.1 Å². The van der Waals surface area contributed by atoms with Crippen molar-refractivity contribution in [1.82, 2.24) is 15.1 Å². The van der Waals surface area contributed by atoms with Crippen LogP contribution in [0.3, 0.4) is 0 Å². The first-order valence-electron chi connectivity index (χ1n) is 9.67. The Bertz CT molecular complexity index is 532. The zero-order chi connectivity index (χ0) is 17.5. The minimum Gasteiger partial charge on any atom is -0.352 e. The molecule has 25 heavy (non-hydrogen) atoms. The van der Waals surface area contributed by atoms with Gasteiger partial charge in [0, 0.05) is 38.8 Å². The highest BCUT2D eigenvalue weighted by Crippen LogP contribution is 2.17. The number of nitrogens with one attached hydrogen (secondary N) is 1. The van der Waals surface area contributed by atoms with Gasteiger partial charge in [0.2, 0.25) is 5.91 Å². The molecule has 3 rings (SSSR count). The molecule has 1 aliphatic heterocycles. The van der Waals surface area contributed by atoms with Crippen molar-refractivity contribution in [1.29, 1.82) is 0 Å². The molecule has 0 unspecified atom stereocenters. The predicted octanol–water partition coefficient (Wildman–Crippen LogP) is 2.78. The van der Waals surface area contributed by atoms with Crippen LogP contribution in [0.4, 0.5) is 4.39 Å². The standard InChI is InChI=1S/C20H30FN3O/c21-18-9-7-17(8-10-18)15-23-11-13-24(14-12-23)16-20(25)22-19-5-3-1-2-4-6-19/h7-10,19H,1-6,11-16H2,(H,22,25). The van der Waals surface area contributed by atoms with Crippen molar-refractivity contribution in [3.05, 3.63) is 35.6 Å².